The topological polar surface area (TPSA) is 38.7 Å². The van der Waals surface area contributed by atoms with E-state index in [2.05, 4.69) is 15.9 Å². The van der Waals surface area contributed by atoms with E-state index >= 15 is 0 Å². The first-order valence-corrected chi connectivity index (χ1v) is 5.63. The largest absolute Gasteiger partial charge is 0.392 e. The molecule has 0 amide bonds. The Kier molecular flexibility index (Phi) is 6.59. The van der Waals surface area contributed by atoms with Gasteiger partial charge in [-0.15, -0.1) is 0 Å². The van der Waals surface area contributed by atoms with E-state index in [0.717, 1.165) is 36.5 Å². The van der Waals surface area contributed by atoms with Crippen molar-refractivity contribution in [1.82, 2.24) is 0 Å². The van der Waals surface area contributed by atoms with Crippen LogP contribution >= 0.6 is 15.9 Å². The lowest BCUT2D eigenvalue weighted by molar-refractivity contribution is -0.0334. The fourth-order valence-electron chi connectivity index (χ4n) is 1.08. The minimum atomic E-state index is 0.111. The summed E-state index contributed by atoms with van der Waals surface area (Å²) < 4.78 is 10.9. The second-order valence-electron chi connectivity index (χ2n) is 3.01. The van der Waals surface area contributed by atoms with Crippen LogP contribution in [-0.4, -0.2) is 31.5 Å². The van der Waals surface area contributed by atoms with Crippen molar-refractivity contribution in [2.75, 3.05) is 26.4 Å². The van der Waals surface area contributed by atoms with Crippen LogP contribution in [0.1, 0.15) is 5.56 Å². The molecule has 15 heavy (non-hydrogen) atoms. The highest BCUT2D eigenvalue weighted by Crippen LogP contribution is 2.10. The molecule has 1 aliphatic rings. The highest BCUT2D eigenvalue weighted by atomic mass is 79.9. The summed E-state index contributed by atoms with van der Waals surface area (Å²) in [5, 5.41) is 8.64. The van der Waals surface area contributed by atoms with Crippen molar-refractivity contribution < 1.29 is 14.6 Å². The molecular weight excluding hydrogens is 260 g/mol. The maximum atomic E-state index is 8.64. The number of aliphatic hydroxyl groups is 1. The van der Waals surface area contributed by atoms with Gasteiger partial charge in [0.15, 0.2) is 0 Å². The molecule has 0 saturated carbocycles. The van der Waals surface area contributed by atoms with E-state index in [1.807, 2.05) is 24.3 Å². The van der Waals surface area contributed by atoms with E-state index in [9.17, 15) is 0 Å². The summed E-state index contributed by atoms with van der Waals surface area (Å²) in [6.45, 7) is 3.22. The zero-order valence-corrected chi connectivity index (χ0v) is 10.1. The highest BCUT2D eigenvalue weighted by Gasteiger charge is 1.94. The van der Waals surface area contributed by atoms with Crippen molar-refractivity contribution in [2.45, 2.75) is 6.61 Å². The van der Waals surface area contributed by atoms with E-state index in [-0.39, 0.29) is 6.61 Å². The number of hydrogen-bond donors (Lipinski definition) is 1. The van der Waals surface area contributed by atoms with Gasteiger partial charge < -0.3 is 14.6 Å². The fourth-order valence-corrected chi connectivity index (χ4v) is 1.52. The second kappa shape index (κ2) is 7.82. The van der Waals surface area contributed by atoms with Crippen molar-refractivity contribution in [2.24, 2.45) is 0 Å². The maximum absolute atomic E-state index is 8.64. The van der Waals surface area contributed by atoms with Crippen LogP contribution in [0.3, 0.4) is 0 Å². The lowest BCUT2D eigenvalue weighted by atomic mass is 10.2. The molecule has 4 heteroatoms. The van der Waals surface area contributed by atoms with Crippen LogP contribution in [0.5, 0.6) is 0 Å². The summed E-state index contributed by atoms with van der Waals surface area (Å²) in [4.78, 5) is 0. The van der Waals surface area contributed by atoms with Crippen molar-refractivity contribution in [3.05, 3.63) is 34.3 Å². The molecule has 0 atom stereocenters. The molecule has 1 aliphatic heterocycles. The SMILES string of the molecule is C1COCCO1.OCc1cccc(Br)c1. The second-order valence-corrected chi connectivity index (χ2v) is 3.93. The maximum Gasteiger partial charge on any atom is 0.0701 e. The van der Waals surface area contributed by atoms with Gasteiger partial charge in [-0.1, -0.05) is 28.1 Å². The van der Waals surface area contributed by atoms with Gasteiger partial charge in [-0.05, 0) is 17.7 Å². The molecule has 1 saturated heterocycles. The third-order valence-corrected chi connectivity index (χ3v) is 2.31. The van der Waals surface area contributed by atoms with Crippen LogP contribution in [0.2, 0.25) is 0 Å². The molecule has 3 nitrogen and oxygen atoms in total. The van der Waals surface area contributed by atoms with Gasteiger partial charge in [-0.3, -0.25) is 0 Å². The molecule has 0 radical (unpaired) electrons. The minimum Gasteiger partial charge on any atom is -0.392 e. The summed E-state index contributed by atoms with van der Waals surface area (Å²) in [5.74, 6) is 0. The Hall–Kier alpha value is -0.420. The molecule has 0 unspecified atom stereocenters. The molecule has 0 bridgehead atoms. The molecule has 1 heterocycles. The van der Waals surface area contributed by atoms with Gasteiger partial charge >= 0.3 is 0 Å². The monoisotopic (exact) mass is 274 g/mol. The lowest BCUT2D eigenvalue weighted by Gasteiger charge is -2.09. The standard InChI is InChI=1S/C7H7BrO.C4H8O2/c8-7-3-1-2-6(4-7)5-9;1-2-6-4-3-5-1/h1-4,9H,5H2;1-4H2. The number of rotatable bonds is 1. The van der Waals surface area contributed by atoms with Gasteiger partial charge in [-0.2, -0.15) is 0 Å². The first-order valence-electron chi connectivity index (χ1n) is 4.83. The fraction of sp³-hybridized carbons (Fsp3) is 0.455. The zero-order valence-electron chi connectivity index (χ0n) is 8.49. The summed E-state index contributed by atoms with van der Waals surface area (Å²) in [7, 11) is 0. The van der Waals surface area contributed by atoms with Gasteiger partial charge in [0.1, 0.15) is 0 Å². The van der Waals surface area contributed by atoms with E-state index < -0.39 is 0 Å². The zero-order chi connectivity index (χ0) is 10.9. The number of hydrogen-bond acceptors (Lipinski definition) is 3. The van der Waals surface area contributed by atoms with Crippen LogP contribution < -0.4 is 0 Å². The molecule has 0 aliphatic carbocycles. The van der Waals surface area contributed by atoms with Gasteiger partial charge in [0.05, 0.1) is 33.0 Å². The molecule has 1 aromatic rings. The minimum absolute atomic E-state index is 0.111. The summed E-state index contributed by atoms with van der Waals surface area (Å²) in [6, 6.07) is 7.60. The highest BCUT2D eigenvalue weighted by molar-refractivity contribution is 9.10. The van der Waals surface area contributed by atoms with Crippen molar-refractivity contribution >= 4 is 15.9 Å². The Labute approximate surface area is 98.1 Å². The van der Waals surface area contributed by atoms with Gasteiger partial charge in [0, 0.05) is 4.47 Å². The average molecular weight is 275 g/mol. The van der Waals surface area contributed by atoms with E-state index in [0.29, 0.717) is 0 Å². The van der Waals surface area contributed by atoms with Crippen molar-refractivity contribution in [3.63, 3.8) is 0 Å². The Morgan fingerprint density at radius 2 is 1.73 bits per heavy atom. The Morgan fingerprint density at radius 1 is 1.13 bits per heavy atom. The molecule has 1 N–H and O–H groups in total. The molecule has 1 aromatic carbocycles. The van der Waals surface area contributed by atoms with E-state index in [4.69, 9.17) is 14.6 Å². The van der Waals surface area contributed by atoms with Crippen LogP contribution in [0.25, 0.3) is 0 Å². The van der Waals surface area contributed by atoms with Crippen molar-refractivity contribution in [3.8, 4) is 0 Å². The molecule has 1 fully saturated rings. The third kappa shape index (κ3) is 5.89. The molecular formula is C11H15BrO3. The van der Waals surface area contributed by atoms with Crippen LogP contribution in [-0.2, 0) is 16.1 Å². The summed E-state index contributed by atoms with van der Waals surface area (Å²) >= 11 is 3.29. The molecule has 0 aromatic heterocycles. The van der Waals surface area contributed by atoms with Crippen LogP contribution in [0.15, 0.2) is 28.7 Å². The van der Waals surface area contributed by atoms with Gasteiger partial charge in [0.2, 0.25) is 0 Å². The van der Waals surface area contributed by atoms with Gasteiger partial charge in [0.25, 0.3) is 0 Å². The average Bonchev–Trinajstić information content (AvgIpc) is 2.32. The third-order valence-electron chi connectivity index (χ3n) is 1.82. The van der Waals surface area contributed by atoms with E-state index in [1.165, 1.54) is 0 Å². The molecule has 0 spiro atoms. The predicted molar refractivity (Wildman–Crippen MR) is 61.7 cm³/mol. The van der Waals surface area contributed by atoms with E-state index in [1.54, 1.807) is 0 Å². The summed E-state index contributed by atoms with van der Waals surface area (Å²) in [6.07, 6.45) is 0. The first kappa shape index (κ1) is 12.6. The molecule has 84 valence electrons. The normalized spacial score (nSPS) is 15.3. The Morgan fingerprint density at radius 3 is 2.07 bits per heavy atom. The Bertz CT molecular complexity index is 263. The van der Waals surface area contributed by atoms with Gasteiger partial charge in [-0.25, -0.2) is 0 Å². The smallest absolute Gasteiger partial charge is 0.0701 e. The number of halogens is 1. The number of benzene rings is 1. The predicted octanol–water partition coefficient (Wildman–Crippen LogP) is 1.97. The van der Waals surface area contributed by atoms with Crippen LogP contribution in [0, 0.1) is 0 Å². The lowest BCUT2D eigenvalue weighted by Crippen LogP contribution is -2.16. The summed E-state index contributed by atoms with van der Waals surface area (Å²) in [5.41, 5.74) is 0.935. The quantitative estimate of drug-likeness (QED) is 0.851. The Balaban J connectivity index is 0.000000162. The molecule has 2 rings (SSSR count). The van der Waals surface area contributed by atoms with Crippen molar-refractivity contribution in [1.29, 1.82) is 0 Å². The van der Waals surface area contributed by atoms with Crippen LogP contribution in [0.4, 0.5) is 0 Å². The first-order chi connectivity index (χ1) is 7.33. The number of ether oxygens (including phenoxy) is 2. The number of aliphatic hydroxyl groups excluding tert-OH is 1.